The van der Waals surface area contributed by atoms with Crippen molar-refractivity contribution in [1.29, 1.82) is 0 Å². The minimum atomic E-state index is 1.10. The smallest absolute Gasteiger partial charge is 0.00639 e. The lowest BCUT2D eigenvalue weighted by molar-refractivity contribution is 0.607. The van der Waals surface area contributed by atoms with Gasteiger partial charge in [-0.05, 0) is 154 Å². The monoisotopic (exact) mass is 686 g/mol. The second-order valence-corrected chi connectivity index (χ2v) is 15.6. The first kappa shape index (κ1) is 37.6. The molecule has 0 aromatic heterocycles. The Morgan fingerprint density at radius 2 is 0.712 bits per heavy atom. The molecule has 0 radical (unpaired) electrons. The highest BCUT2D eigenvalue weighted by Crippen LogP contribution is 2.46. The molecule has 0 aliphatic carbocycles. The Labute approximate surface area is 315 Å². The molecule has 0 nitrogen and oxygen atoms in total. The number of benzene rings is 6. The van der Waals surface area contributed by atoms with E-state index >= 15 is 0 Å². The van der Waals surface area contributed by atoms with Crippen molar-refractivity contribution >= 4 is 21.5 Å². The highest BCUT2D eigenvalue weighted by atomic mass is 14.3. The van der Waals surface area contributed by atoms with E-state index < -0.39 is 0 Å². The Morgan fingerprint density at radius 1 is 0.346 bits per heavy atom. The van der Waals surface area contributed by atoms with E-state index in [1.807, 2.05) is 0 Å². The van der Waals surface area contributed by atoms with E-state index in [2.05, 4.69) is 139 Å². The Hall–Kier alpha value is -4.16. The van der Waals surface area contributed by atoms with Gasteiger partial charge in [0, 0.05) is 0 Å². The minimum absolute atomic E-state index is 1.10. The molecule has 6 rings (SSSR count). The van der Waals surface area contributed by atoms with E-state index in [9.17, 15) is 0 Å². The predicted molar refractivity (Wildman–Crippen MR) is 231 cm³/mol. The van der Waals surface area contributed by atoms with Crippen LogP contribution in [0.25, 0.3) is 54.9 Å². The van der Waals surface area contributed by atoms with Crippen molar-refractivity contribution in [3.8, 4) is 33.4 Å². The molecular formula is C52H62. The number of aryl methyl sites for hydroxylation is 6. The van der Waals surface area contributed by atoms with E-state index in [-0.39, 0.29) is 0 Å². The molecule has 0 aliphatic heterocycles. The zero-order valence-corrected chi connectivity index (χ0v) is 33.1. The minimum Gasteiger partial charge on any atom is -0.0654 e. The van der Waals surface area contributed by atoms with Crippen LogP contribution in [-0.4, -0.2) is 0 Å². The fourth-order valence-corrected chi connectivity index (χ4v) is 8.34. The Bertz CT molecular complexity index is 1960. The van der Waals surface area contributed by atoms with Gasteiger partial charge in [0.25, 0.3) is 0 Å². The number of rotatable bonds is 17. The zero-order chi connectivity index (χ0) is 36.5. The number of fused-ring (bicyclic) bond motifs is 2. The lowest BCUT2D eigenvalue weighted by Gasteiger charge is -2.23. The molecule has 0 unspecified atom stereocenters. The summed E-state index contributed by atoms with van der Waals surface area (Å²) in [6.45, 7) is 13.6. The molecular weight excluding hydrogens is 625 g/mol. The normalized spacial score (nSPS) is 11.6. The maximum atomic E-state index is 2.59. The van der Waals surface area contributed by atoms with Crippen LogP contribution in [0.15, 0.2) is 97.1 Å². The van der Waals surface area contributed by atoms with Crippen molar-refractivity contribution in [3.63, 3.8) is 0 Å². The first-order valence-corrected chi connectivity index (χ1v) is 20.7. The van der Waals surface area contributed by atoms with E-state index in [0.29, 0.717) is 0 Å². The summed E-state index contributed by atoms with van der Waals surface area (Å²) in [6.07, 6.45) is 17.9. The fourth-order valence-electron chi connectivity index (χ4n) is 8.34. The third kappa shape index (κ3) is 8.55. The van der Waals surface area contributed by atoms with Crippen molar-refractivity contribution in [3.05, 3.63) is 130 Å². The van der Waals surface area contributed by atoms with Gasteiger partial charge >= 0.3 is 0 Å². The van der Waals surface area contributed by atoms with E-state index in [4.69, 9.17) is 0 Å². The Balaban J connectivity index is 1.59. The van der Waals surface area contributed by atoms with Crippen LogP contribution in [-0.2, 0) is 12.8 Å². The molecule has 0 aliphatic rings. The standard InChI is InChI=1S/C52H62/c1-7-9-11-13-15-17-23-43-35-49(41-31-29-37(3)39(5)33-41)45-25-19-21-27-47(45)51(43)52-44(24-18-16-14-12-10-8-2)36-50(46-26-20-22-28-48(46)52)42-32-30-38(4)40(6)34-42/h19-22,25-36H,7-18,23-24H2,1-6H3. The maximum Gasteiger partial charge on any atom is -0.00639 e. The number of hydrogen-bond donors (Lipinski definition) is 0. The van der Waals surface area contributed by atoms with E-state index in [1.165, 1.54) is 165 Å². The van der Waals surface area contributed by atoms with Gasteiger partial charge in [-0.1, -0.05) is 163 Å². The topological polar surface area (TPSA) is 0 Å². The second-order valence-electron chi connectivity index (χ2n) is 15.6. The van der Waals surface area contributed by atoms with Gasteiger partial charge in [0.2, 0.25) is 0 Å². The van der Waals surface area contributed by atoms with Crippen LogP contribution in [0.1, 0.15) is 124 Å². The third-order valence-electron chi connectivity index (χ3n) is 11.7. The van der Waals surface area contributed by atoms with Crippen LogP contribution in [0, 0.1) is 27.7 Å². The highest BCUT2D eigenvalue weighted by molar-refractivity contribution is 6.14. The first-order valence-electron chi connectivity index (χ1n) is 20.7. The molecule has 0 N–H and O–H groups in total. The molecule has 0 fully saturated rings. The van der Waals surface area contributed by atoms with Crippen molar-refractivity contribution in [2.24, 2.45) is 0 Å². The van der Waals surface area contributed by atoms with Gasteiger partial charge in [-0.3, -0.25) is 0 Å². The summed E-state index contributed by atoms with van der Waals surface area (Å²) in [5.41, 5.74) is 16.8. The van der Waals surface area contributed by atoms with E-state index in [1.54, 1.807) is 0 Å². The van der Waals surface area contributed by atoms with Gasteiger partial charge in [-0.2, -0.15) is 0 Å². The molecule has 0 amide bonds. The van der Waals surface area contributed by atoms with Crippen LogP contribution in [0.2, 0.25) is 0 Å². The number of hydrogen-bond acceptors (Lipinski definition) is 0. The Morgan fingerprint density at radius 3 is 1.10 bits per heavy atom. The summed E-state index contributed by atoms with van der Waals surface area (Å²) >= 11 is 0. The summed E-state index contributed by atoms with van der Waals surface area (Å²) in [5.74, 6) is 0. The molecule has 52 heavy (non-hydrogen) atoms. The van der Waals surface area contributed by atoms with Gasteiger partial charge in [0.15, 0.2) is 0 Å². The maximum absolute atomic E-state index is 2.59. The average molecular weight is 687 g/mol. The lowest BCUT2D eigenvalue weighted by Crippen LogP contribution is -2.01. The molecule has 6 aromatic carbocycles. The van der Waals surface area contributed by atoms with Crippen molar-refractivity contribution in [1.82, 2.24) is 0 Å². The molecule has 0 heteroatoms. The number of unbranched alkanes of at least 4 members (excludes halogenated alkanes) is 10. The predicted octanol–water partition coefficient (Wildman–Crippen LogP) is 16.0. The van der Waals surface area contributed by atoms with E-state index in [0.717, 1.165) is 12.8 Å². The molecule has 0 heterocycles. The fraction of sp³-hybridized carbons (Fsp3) is 0.385. The Kier molecular flexibility index (Phi) is 13.1. The van der Waals surface area contributed by atoms with Crippen molar-refractivity contribution in [2.75, 3.05) is 0 Å². The zero-order valence-electron chi connectivity index (χ0n) is 33.1. The third-order valence-corrected chi connectivity index (χ3v) is 11.7. The summed E-state index contributed by atoms with van der Waals surface area (Å²) in [5, 5.41) is 5.51. The molecule has 0 saturated heterocycles. The van der Waals surface area contributed by atoms with Gasteiger partial charge in [0.05, 0.1) is 0 Å². The van der Waals surface area contributed by atoms with Gasteiger partial charge in [0.1, 0.15) is 0 Å². The largest absolute Gasteiger partial charge is 0.0654 e. The van der Waals surface area contributed by atoms with Crippen LogP contribution in [0.4, 0.5) is 0 Å². The highest BCUT2D eigenvalue weighted by Gasteiger charge is 2.22. The van der Waals surface area contributed by atoms with Crippen molar-refractivity contribution < 1.29 is 0 Å². The molecule has 270 valence electrons. The summed E-state index contributed by atoms with van der Waals surface area (Å²) in [4.78, 5) is 0. The van der Waals surface area contributed by atoms with Crippen molar-refractivity contribution in [2.45, 2.75) is 131 Å². The van der Waals surface area contributed by atoms with Crippen LogP contribution < -0.4 is 0 Å². The average Bonchev–Trinajstić information content (AvgIpc) is 3.16. The second kappa shape index (κ2) is 18.1. The summed E-state index contributed by atoms with van der Waals surface area (Å²) in [7, 11) is 0. The molecule has 0 atom stereocenters. The molecule has 0 spiro atoms. The quantitative estimate of drug-likeness (QED) is 0.0838. The van der Waals surface area contributed by atoms with Gasteiger partial charge in [-0.25, -0.2) is 0 Å². The summed E-state index contributed by atoms with van der Waals surface area (Å²) < 4.78 is 0. The van der Waals surface area contributed by atoms with Gasteiger partial charge in [-0.15, -0.1) is 0 Å². The van der Waals surface area contributed by atoms with Crippen LogP contribution in [0.5, 0.6) is 0 Å². The van der Waals surface area contributed by atoms with Gasteiger partial charge < -0.3 is 0 Å². The SMILES string of the molecule is CCCCCCCCc1cc(-c2ccc(C)c(C)c2)c2ccccc2c1-c1c(CCCCCCCC)cc(-c2ccc(C)c(C)c2)c2ccccc12. The van der Waals surface area contributed by atoms with Crippen LogP contribution >= 0.6 is 0 Å². The molecule has 0 bridgehead atoms. The first-order chi connectivity index (χ1) is 25.4. The van der Waals surface area contributed by atoms with Crippen LogP contribution in [0.3, 0.4) is 0 Å². The lowest BCUT2D eigenvalue weighted by atomic mass is 9.80. The molecule has 6 aromatic rings. The summed E-state index contributed by atoms with van der Waals surface area (Å²) in [6, 6.07) is 37.9. The molecule has 0 saturated carbocycles.